The van der Waals surface area contributed by atoms with Crippen LogP contribution >= 0.6 is 0 Å². The number of carboxylic acid groups (broad SMARTS) is 1. The molecule has 6 heteroatoms. The first kappa shape index (κ1) is 15.9. The van der Waals surface area contributed by atoms with E-state index in [0.29, 0.717) is 17.8 Å². The van der Waals surface area contributed by atoms with Gasteiger partial charge in [0.25, 0.3) is 5.91 Å². The number of nitrogens with zero attached hydrogens (tertiary/aromatic N) is 1. The predicted octanol–water partition coefficient (Wildman–Crippen LogP) is 1.78. The van der Waals surface area contributed by atoms with E-state index in [1.165, 1.54) is 0 Å². The van der Waals surface area contributed by atoms with Crippen molar-refractivity contribution in [3.63, 3.8) is 0 Å². The van der Waals surface area contributed by atoms with Crippen molar-refractivity contribution >= 4 is 23.5 Å². The van der Waals surface area contributed by atoms with E-state index in [1.807, 2.05) is 18.2 Å². The van der Waals surface area contributed by atoms with Gasteiger partial charge in [0.1, 0.15) is 0 Å². The molecule has 6 nitrogen and oxygen atoms in total. The largest absolute Gasteiger partial charge is 0.481 e. The van der Waals surface area contributed by atoms with Crippen LogP contribution < -0.4 is 5.32 Å². The number of likely N-dealkylation sites (N-methyl/N-ethyl adjacent to an activating group) is 1. The smallest absolute Gasteiger partial charge is 0.307 e. The molecule has 0 aromatic heterocycles. The van der Waals surface area contributed by atoms with Gasteiger partial charge in [-0.3, -0.25) is 14.4 Å². The number of hydrogen-bond donors (Lipinski definition) is 2. The van der Waals surface area contributed by atoms with Gasteiger partial charge in [0, 0.05) is 24.8 Å². The topological polar surface area (TPSA) is 86.7 Å². The fraction of sp³-hybridized carbons (Fsp3) is 0.421. The summed E-state index contributed by atoms with van der Waals surface area (Å²) in [6.45, 7) is 0.690. The molecule has 4 rings (SSSR count). The van der Waals surface area contributed by atoms with Crippen LogP contribution in [0.4, 0.5) is 5.69 Å². The third-order valence-electron chi connectivity index (χ3n) is 5.72. The number of amides is 2. The van der Waals surface area contributed by atoms with Crippen LogP contribution in [0, 0.1) is 23.7 Å². The van der Waals surface area contributed by atoms with Gasteiger partial charge in [0.05, 0.1) is 11.8 Å². The molecule has 3 aliphatic rings. The molecule has 0 saturated heterocycles. The van der Waals surface area contributed by atoms with Gasteiger partial charge in [-0.1, -0.05) is 18.2 Å². The molecule has 4 atom stereocenters. The number of nitrogens with one attached hydrogen (secondary N) is 1. The summed E-state index contributed by atoms with van der Waals surface area (Å²) < 4.78 is 0. The van der Waals surface area contributed by atoms with E-state index >= 15 is 0 Å². The Balaban J connectivity index is 1.57. The van der Waals surface area contributed by atoms with E-state index in [1.54, 1.807) is 24.1 Å². The van der Waals surface area contributed by atoms with Gasteiger partial charge >= 0.3 is 5.97 Å². The zero-order chi connectivity index (χ0) is 17.7. The lowest BCUT2D eigenvalue weighted by molar-refractivity contribution is -0.146. The molecule has 1 saturated carbocycles. The summed E-state index contributed by atoms with van der Waals surface area (Å²) in [7, 11) is 1.76. The highest BCUT2D eigenvalue weighted by molar-refractivity contribution is 6.00. The van der Waals surface area contributed by atoms with E-state index in [9.17, 15) is 19.5 Å². The Morgan fingerprint density at radius 1 is 1.20 bits per heavy atom. The van der Waals surface area contributed by atoms with E-state index < -0.39 is 17.8 Å². The van der Waals surface area contributed by atoms with Gasteiger partial charge in [-0.2, -0.15) is 0 Å². The first-order valence-corrected chi connectivity index (χ1v) is 8.56. The average molecular weight is 340 g/mol. The van der Waals surface area contributed by atoms with Crippen LogP contribution in [-0.2, 0) is 16.0 Å². The van der Waals surface area contributed by atoms with Crippen molar-refractivity contribution in [3.8, 4) is 0 Å². The lowest BCUT2D eigenvalue weighted by Crippen LogP contribution is -2.37. The molecule has 2 N–H and O–H groups in total. The predicted molar refractivity (Wildman–Crippen MR) is 91.1 cm³/mol. The number of carbonyl (C=O) groups is 3. The van der Waals surface area contributed by atoms with Crippen molar-refractivity contribution < 1.29 is 19.5 Å². The quantitative estimate of drug-likeness (QED) is 0.821. The summed E-state index contributed by atoms with van der Waals surface area (Å²) >= 11 is 0. The molecule has 1 aliphatic heterocycles. The fourth-order valence-corrected chi connectivity index (χ4v) is 4.41. The van der Waals surface area contributed by atoms with Crippen LogP contribution in [0.1, 0.15) is 22.3 Å². The maximum atomic E-state index is 12.7. The van der Waals surface area contributed by atoms with E-state index in [0.717, 1.165) is 18.4 Å². The van der Waals surface area contributed by atoms with Crippen molar-refractivity contribution in [3.05, 3.63) is 41.5 Å². The van der Waals surface area contributed by atoms with Crippen molar-refractivity contribution in [2.75, 3.05) is 18.9 Å². The minimum Gasteiger partial charge on any atom is -0.481 e. The molecule has 2 aliphatic carbocycles. The molecule has 130 valence electrons. The molecule has 1 heterocycles. The number of benzene rings is 1. The summed E-state index contributed by atoms with van der Waals surface area (Å²) in [5.41, 5.74) is 2.13. The zero-order valence-corrected chi connectivity index (χ0v) is 13.9. The van der Waals surface area contributed by atoms with Crippen LogP contribution in [0.25, 0.3) is 0 Å². The van der Waals surface area contributed by atoms with Crippen LogP contribution in [0.2, 0.25) is 0 Å². The molecule has 4 unspecified atom stereocenters. The third kappa shape index (κ3) is 2.52. The molecule has 1 aromatic carbocycles. The minimum absolute atomic E-state index is 0.0171. The number of aliphatic carboxylic acids is 1. The summed E-state index contributed by atoms with van der Waals surface area (Å²) in [6.07, 6.45) is 5.40. The van der Waals surface area contributed by atoms with Crippen molar-refractivity contribution in [1.82, 2.24) is 4.90 Å². The highest BCUT2D eigenvalue weighted by Crippen LogP contribution is 2.48. The van der Waals surface area contributed by atoms with Gasteiger partial charge in [-0.05, 0) is 42.4 Å². The Labute approximate surface area is 145 Å². The fourth-order valence-electron chi connectivity index (χ4n) is 4.41. The third-order valence-corrected chi connectivity index (χ3v) is 5.72. The second-order valence-electron chi connectivity index (χ2n) is 7.18. The van der Waals surface area contributed by atoms with Crippen LogP contribution in [0.3, 0.4) is 0 Å². The minimum atomic E-state index is -0.917. The molecule has 1 aromatic rings. The second kappa shape index (κ2) is 5.72. The van der Waals surface area contributed by atoms with Crippen molar-refractivity contribution in [2.45, 2.75) is 12.8 Å². The molecule has 25 heavy (non-hydrogen) atoms. The molecule has 0 spiro atoms. The van der Waals surface area contributed by atoms with Crippen LogP contribution in [0.15, 0.2) is 30.4 Å². The van der Waals surface area contributed by atoms with Gasteiger partial charge in [0.2, 0.25) is 5.91 Å². The Kier molecular flexibility index (Phi) is 3.63. The Hall–Kier alpha value is -2.63. The average Bonchev–Trinajstić information content (AvgIpc) is 3.19. The normalized spacial score (nSPS) is 29.6. The highest BCUT2D eigenvalue weighted by atomic mass is 16.4. The maximum Gasteiger partial charge on any atom is 0.307 e. The van der Waals surface area contributed by atoms with Crippen molar-refractivity contribution in [1.29, 1.82) is 0 Å². The first-order valence-electron chi connectivity index (χ1n) is 8.56. The summed E-state index contributed by atoms with van der Waals surface area (Å²) in [5.74, 6) is -2.54. The molecule has 2 amide bonds. The van der Waals surface area contributed by atoms with Gasteiger partial charge in [-0.25, -0.2) is 0 Å². The first-order chi connectivity index (χ1) is 12.0. The Morgan fingerprint density at radius 3 is 2.64 bits per heavy atom. The molecular weight excluding hydrogens is 320 g/mol. The number of fused-ring (bicyclic) bond motifs is 3. The van der Waals surface area contributed by atoms with Gasteiger partial charge in [-0.15, -0.1) is 0 Å². The number of carboxylic acids is 1. The number of carbonyl (C=O) groups excluding carboxylic acids is 2. The van der Waals surface area contributed by atoms with E-state index in [4.69, 9.17) is 0 Å². The summed E-state index contributed by atoms with van der Waals surface area (Å²) in [6, 6.07) is 5.35. The lowest BCUT2D eigenvalue weighted by atomic mass is 9.82. The van der Waals surface area contributed by atoms with Crippen molar-refractivity contribution in [2.24, 2.45) is 23.7 Å². The van der Waals surface area contributed by atoms with E-state index in [2.05, 4.69) is 5.32 Å². The molecule has 0 radical (unpaired) electrons. The van der Waals surface area contributed by atoms with Gasteiger partial charge in [0.15, 0.2) is 0 Å². The Bertz CT molecular complexity index is 801. The molecule has 2 bridgehead atoms. The van der Waals surface area contributed by atoms with Crippen LogP contribution in [-0.4, -0.2) is 41.4 Å². The summed E-state index contributed by atoms with van der Waals surface area (Å²) in [4.78, 5) is 38.2. The summed E-state index contributed by atoms with van der Waals surface area (Å²) in [5, 5.41) is 12.3. The Morgan fingerprint density at radius 2 is 1.92 bits per heavy atom. The monoisotopic (exact) mass is 340 g/mol. The number of anilines is 1. The number of allylic oxidation sites excluding steroid dienone is 2. The second-order valence-corrected chi connectivity index (χ2v) is 7.18. The standard InChI is InChI=1S/C19H20N2O4/c1-21-7-6-10-4-5-13(9-14(10)18(21)23)20-17(22)15-11-2-3-12(8-11)16(15)19(24)25/h2-5,9,11-12,15-16H,6-8H2,1H3,(H,20,22)(H,24,25). The van der Waals surface area contributed by atoms with Gasteiger partial charge < -0.3 is 15.3 Å². The SMILES string of the molecule is CN1CCc2ccc(NC(=O)C3C4C=CC(C4)C3C(=O)O)cc2C1=O. The lowest BCUT2D eigenvalue weighted by Gasteiger charge is -2.26. The zero-order valence-electron chi connectivity index (χ0n) is 13.9. The molecular formula is C19H20N2O4. The van der Waals surface area contributed by atoms with E-state index in [-0.39, 0.29) is 23.7 Å². The number of rotatable bonds is 3. The number of hydrogen-bond acceptors (Lipinski definition) is 3. The highest BCUT2D eigenvalue weighted by Gasteiger charge is 2.51. The van der Waals surface area contributed by atoms with Crippen LogP contribution in [0.5, 0.6) is 0 Å². The molecule has 1 fully saturated rings. The maximum absolute atomic E-state index is 12.7.